The van der Waals surface area contributed by atoms with Crippen molar-refractivity contribution in [2.75, 3.05) is 0 Å². The third-order valence-electron chi connectivity index (χ3n) is 3.37. The SMILES string of the molecule is Cn1c(=O)cc(-c2cccc(Cl)c2)c2ccc(O)cc21. The molecule has 0 atom stereocenters. The number of aromatic nitrogens is 1. The molecule has 0 aliphatic rings. The highest BCUT2D eigenvalue weighted by atomic mass is 35.5. The minimum Gasteiger partial charge on any atom is -0.508 e. The van der Waals surface area contributed by atoms with E-state index in [1.54, 1.807) is 37.4 Å². The number of benzene rings is 2. The zero-order valence-electron chi connectivity index (χ0n) is 10.8. The molecule has 0 saturated carbocycles. The molecular weight excluding hydrogens is 274 g/mol. The summed E-state index contributed by atoms with van der Waals surface area (Å²) in [6.45, 7) is 0. The molecule has 0 radical (unpaired) electrons. The molecule has 1 heterocycles. The van der Waals surface area contributed by atoms with Crippen LogP contribution in [0.2, 0.25) is 5.02 Å². The summed E-state index contributed by atoms with van der Waals surface area (Å²) in [7, 11) is 1.69. The third kappa shape index (κ3) is 2.06. The number of nitrogens with zero attached hydrogens (tertiary/aromatic N) is 1. The summed E-state index contributed by atoms with van der Waals surface area (Å²) >= 11 is 6.02. The van der Waals surface area contributed by atoms with E-state index in [0.29, 0.717) is 10.5 Å². The van der Waals surface area contributed by atoms with Crippen LogP contribution in [-0.2, 0) is 7.05 Å². The number of pyridine rings is 1. The zero-order chi connectivity index (χ0) is 14.3. The number of phenolic OH excluding ortho intramolecular Hbond substituents is 1. The molecule has 2 aromatic carbocycles. The molecule has 0 spiro atoms. The van der Waals surface area contributed by atoms with E-state index < -0.39 is 0 Å². The van der Waals surface area contributed by atoms with Gasteiger partial charge in [0.1, 0.15) is 5.75 Å². The summed E-state index contributed by atoms with van der Waals surface area (Å²) in [6, 6.07) is 14.0. The molecule has 4 heteroatoms. The van der Waals surface area contributed by atoms with Crippen LogP contribution in [0.5, 0.6) is 5.75 Å². The Balaban J connectivity index is 2.42. The van der Waals surface area contributed by atoms with Gasteiger partial charge in [-0.25, -0.2) is 0 Å². The summed E-state index contributed by atoms with van der Waals surface area (Å²) in [4.78, 5) is 12.1. The van der Waals surface area contributed by atoms with Crippen LogP contribution in [-0.4, -0.2) is 9.67 Å². The van der Waals surface area contributed by atoms with E-state index in [1.165, 1.54) is 4.57 Å². The topological polar surface area (TPSA) is 42.2 Å². The number of phenols is 1. The minimum absolute atomic E-state index is 0.127. The molecule has 100 valence electrons. The highest BCUT2D eigenvalue weighted by Gasteiger charge is 2.09. The van der Waals surface area contributed by atoms with Crippen molar-refractivity contribution in [2.24, 2.45) is 7.05 Å². The Kier molecular flexibility index (Phi) is 2.99. The first-order valence-electron chi connectivity index (χ1n) is 6.15. The molecule has 3 nitrogen and oxygen atoms in total. The van der Waals surface area contributed by atoms with E-state index >= 15 is 0 Å². The van der Waals surface area contributed by atoms with Gasteiger partial charge in [-0.1, -0.05) is 23.7 Å². The molecule has 0 bridgehead atoms. The van der Waals surface area contributed by atoms with E-state index in [-0.39, 0.29) is 11.3 Å². The lowest BCUT2D eigenvalue weighted by Gasteiger charge is -2.11. The van der Waals surface area contributed by atoms with E-state index in [1.807, 2.05) is 18.2 Å². The van der Waals surface area contributed by atoms with E-state index in [0.717, 1.165) is 16.5 Å². The standard InChI is InChI=1S/C16H12ClNO2/c1-18-15-8-12(19)5-6-13(15)14(9-16(18)20)10-3-2-4-11(17)7-10/h2-9,19H,1H3. The summed E-state index contributed by atoms with van der Waals surface area (Å²) in [5.74, 6) is 0.135. The van der Waals surface area contributed by atoms with Gasteiger partial charge in [-0.15, -0.1) is 0 Å². The maximum atomic E-state index is 12.1. The second-order valence-electron chi connectivity index (χ2n) is 4.67. The second-order valence-corrected chi connectivity index (χ2v) is 5.10. The number of hydrogen-bond donors (Lipinski definition) is 1. The van der Waals surface area contributed by atoms with Crippen LogP contribution in [0.3, 0.4) is 0 Å². The van der Waals surface area contributed by atoms with Crippen LogP contribution in [0.25, 0.3) is 22.0 Å². The molecule has 3 aromatic rings. The van der Waals surface area contributed by atoms with Crippen molar-refractivity contribution in [1.29, 1.82) is 0 Å². The van der Waals surface area contributed by atoms with Crippen LogP contribution < -0.4 is 5.56 Å². The van der Waals surface area contributed by atoms with Crippen molar-refractivity contribution in [3.63, 3.8) is 0 Å². The molecule has 0 unspecified atom stereocenters. The maximum absolute atomic E-state index is 12.1. The van der Waals surface area contributed by atoms with Gasteiger partial charge in [0.15, 0.2) is 0 Å². The van der Waals surface area contributed by atoms with E-state index in [9.17, 15) is 9.90 Å². The molecule has 20 heavy (non-hydrogen) atoms. The first-order chi connectivity index (χ1) is 9.56. The number of hydrogen-bond acceptors (Lipinski definition) is 2. The number of fused-ring (bicyclic) bond motifs is 1. The molecular formula is C16H12ClNO2. The fourth-order valence-corrected chi connectivity index (χ4v) is 2.53. The first-order valence-corrected chi connectivity index (χ1v) is 6.53. The lowest BCUT2D eigenvalue weighted by molar-refractivity contribution is 0.476. The first kappa shape index (κ1) is 12.8. The minimum atomic E-state index is -0.127. The van der Waals surface area contributed by atoms with E-state index in [4.69, 9.17) is 11.6 Å². The Labute approximate surface area is 120 Å². The highest BCUT2D eigenvalue weighted by Crippen LogP contribution is 2.30. The molecule has 1 N–H and O–H groups in total. The Morgan fingerprint density at radius 2 is 1.90 bits per heavy atom. The van der Waals surface area contributed by atoms with Gasteiger partial charge < -0.3 is 9.67 Å². The normalized spacial score (nSPS) is 10.9. The van der Waals surface area contributed by atoms with Crippen molar-refractivity contribution in [3.05, 3.63) is 63.9 Å². The largest absolute Gasteiger partial charge is 0.508 e. The number of halogens is 1. The summed E-state index contributed by atoms with van der Waals surface area (Å²) < 4.78 is 1.52. The third-order valence-corrected chi connectivity index (χ3v) is 3.60. The Morgan fingerprint density at radius 3 is 2.65 bits per heavy atom. The van der Waals surface area contributed by atoms with Crippen LogP contribution in [0.4, 0.5) is 0 Å². The van der Waals surface area contributed by atoms with Crippen LogP contribution in [0.15, 0.2) is 53.3 Å². The van der Waals surface area contributed by atoms with Gasteiger partial charge in [0.2, 0.25) is 0 Å². The molecule has 1 aromatic heterocycles. The molecule has 0 saturated heterocycles. The summed E-state index contributed by atoms with van der Waals surface area (Å²) in [5, 5.41) is 11.1. The van der Waals surface area contributed by atoms with Crippen LogP contribution >= 0.6 is 11.6 Å². The average molecular weight is 286 g/mol. The van der Waals surface area contributed by atoms with Gasteiger partial charge in [0, 0.05) is 29.6 Å². The van der Waals surface area contributed by atoms with Gasteiger partial charge in [-0.3, -0.25) is 4.79 Å². The van der Waals surface area contributed by atoms with Crippen molar-refractivity contribution >= 4 is 22.5 Å². The van der Waals surface area contributed by atoms with Crippen molar-refractivity contribution in [1.82, 2.24) is 4.57 Å². The van der Waals surface area contributed by atoms with Gasteiger partial charge in [0.05, 0.1) is 5.52 Å². The van der Waals surface area contributed by atoms with Gasteiger partial charge in [0.25, 0.3) is 5.56 Å². The number of aryl methyl sites for hydroxylation is 1. The van der Waals surface area contributed by atoms with Crippen LogP contribution in [0.1, 0.15) is 0 Å². The predicted molar refractivity (Wildman–Crippen MR) is 81.3 cm³/mol. The van der Waals surface area contributed by atoms with Gasteiger partial charge >= 0.3 is 0 Å². The van der Waals surface area contributed by atoms with E-state index in [2.05, 4.69) is 0 Å². The lowest BCUT2D eigenvalue weighted by Crippen LogP contribution is -2.16. The molecule has 0 fully saturated rings. The fourth-order valence-electron chi connectivity index (χ4n) is 2.34. The highest BCUT2D eigenvalue weighted by molar-refractivity contribution is 6.30. The number of rotatable bonds is 1. The van der Waals surface area contributed by atoms with Crippen molar-refractivity contribution in [3.8, 4) is 16.9 Å². The fraction of sp³-hybridized carbons (Fsp3) is 0.0625. The Morgan fingerprint density at radius 1 is 1.10 bits per heavy atom. The molecule has 0 amide bonds. The van der Waals surface area contributed by atoms with Gasteiger partial charge in [-0.05, 0) is 35.4 Å². The second kappa shape index (κ2) is 4.69. The predicted octanol–water partition coefficient (Wildman–Crippen LogP) is 3.56. The van der Waals surface area contributed by atoms with Gasteiger partial charge in [-0.2, -0.15) is 0 Å². The summed E-state index contributed by atoms with van der Waals surface area (Å²) in [6.07, 6.45) is 0. The summed E-state index contributed by atoms with van der Waals surface area (Å²) in [5.41, 5.74) is 2.25. The van der Waals surface area contributed by atoms with Crippen LogP contribution in [0, 0.1) is 0 Å². The van der Waals surface area contributed by atoms with Crippen molar-refractivity contribution in [2.45, 2.75) is 0 Å². The molecule has 0 aliphatic carbocycles. The lowest BCUT2D eigenvalue weighted by atomic mass is 10.0. The molecule has 3 rings (SSSR count). The Bertz CT molecular complexity index is 868. The number of aromatic hydroxyl groups is 1. The Hall–Kier alpha value is -2.26. The quantitative estimate of drug-likeness (QED) is 0.743. The van der Waals surface area contributed by atoms with Crippen molar-refractivity contribution < 1.29 is 5.11 Å². The maximum Gasteiger partial charge on any atom is 0.251 e. The molecule has 0 aliphatic heterocycles. The zero-order valence-corrected chi connectivity index (χ0v) is 11.6. The monoisotopic (exact) mass is 285 g/mol. The smallest absolute Gasteiger partial charge is 0.251 e. The average Bonchev–Trinajstić information content (AvgIpc) is 2.43.